The molecule has 0 aromatic heterocycles. The van der Waals surface area contributed by atoms with Gasteiger partial charge in [0.25, 0.3) is 0 Å². The van der Waals surface area contributed by atoms with Gasteiger partial charge in [0.2, 0.25) is 5.91 Å². The number of hydrogen-bond donors (Lipinski definition) is 6. The highest BCUT2D eigenvalue weighted by molar-refractivity contribution is 6.31. The van der Waals surface area contributed by atoms with Gasteiger partial charge in [-0.25, -0.2) is 8.78 Å². The van der Waals surface area contributed by atoms with Crippen LogP contribution in [0.5, 0.6) is 0 Å². The zero-order valence-electron chi connectivity index (χ0n) is 21.5. The third kappa shape index (κ3) is 6.84. The molecule has 39 heavy (non-hydrogen) atoms. The van der Waals surface area contributed by atoms with Crippen LogP contribution in [0, 0.1) is 17.6 Å². The lowest BCUT2D eigenvalue weighted by atomic mass is 9.71. The van der Waals surface area contributed by atoms with Gasteiger partial charge in [-0.15, -0.1) is 0 Å². The molecule has 2 aliphatic rings. The highest BCUT2D eigenvalue weighted by Crippen LogP contribution is 2.50. The van der Waals surface area contributed by atoms with Crippen molar-refractivity contribution in [1.82, 2.24) is 10.6 Å². The smallest absolute Gasteiger partial charge is 0.237 e. The molecule has 1 aliphatic heterocycles. The molecule has 6 N–H and O–H groups in total. The van der Waals surface area contributed by atoms with Crippen LogP contribution in [0.4, 0.5) is 14.5 Å². The van der Waals surface area contributed by atoms with Crippen LogP contribution in [0.25, 0.3) is 0 Å². The molecule has 5 atom stereocenters. The van der Waals surface area contributed by atoms with Gasteiger partial charge in [0, 0.05) is 30.1 Å². The molecule has 0 unspecified atom stereocenters. The van der Waals surface area contributed by atoms with E-state index < -0.39 is 49.0 Å². The number of nitrogens with one attached hydrogen (secondary N) is 3. The summed E-state index contributed by atoms with van der Waals surface area (Å²) in [4.78, 5) is 13.6. The first-order chi connectivity index (χ1) is 18.7. The van der Waals surface area contributed by atoms with Crippen LogP contribution in [0.15, 0.2) is 30.3 Å². The van der Waals surface area contributed by atoms with Crippen molar-refractivity contribution < 1.29 is 28.9 Å². The minimum atomic E-state index is -0.958. The van der Waals surface area contributed by atoms with Crippen LogP contribution in [-0.4, -0.2) is 59.3 Å². The van der Waals surface area contributed by atoms with E-state index >= 15 is 0 Å². The SMILES string of the molecule is O=C(NCC[C@H](O)CO)[C@@H]1N[C@H](C2CCCCC2)[C@@H](c2cc(F)c(Cl)cc2NCO)[C@H]1c1ccc(F)c(Cl)c1. The zero-order valence-corrected chi connectivity index (χ0v) is 23.0. The van der Waals surface area contributed by atoms with Crippen molar-refractivity contribution in [1.29, 1.82) is 0 Å². The summed E-state index contributed by atoms with van der Waals surface area (Å²) in [6, 6.07) is 6.10. The molecule has 2 aromatic carbocycles. The summed E-state index contributed by atoms with van der Waals surface area (Å²) in [7, 11) is 0. The second-order valence-corrected chi connectivity index (χ2v) is 11.2. The molecule has 0 radical (unpaired) electrons. The first-order valence-electron chi connectivity index (χ1n) is 13.4. The summed E-state index contributed by atoms with van der Waals surface area (Å²) < 4.78 is 29.2. The first-order valence-corrected chi connectivity index (χ1v) is 14.1. The van der Waals surface area contributed by atoms with E-state index in [1.54, 1.807) is 6.07 Å². The van der Waals surface area contributed by atoms with Crippen LogP contribution in [0.1, 0.15) is 61.5 Å². The Morgan fingerprint density at radius 3 is 2.41 bits per heavy atom. The second-order valence-electron chi connectivity index (χ2n) is 10.4. The van der Waals surface area contributed by atoms with Gasteiger partial charge in [-0.3, -0.25) is 4.79 Å². The molecule has 1 saturated heterocycles. The van der Waals surface area contributed by atoms with Gasteiger partial charge < -0.3 is 31.3 Å². The third-order valence-corrected chi connectivity index (χ3v) is 8.56. The molecule has 1 saturated carbocycles. The Labute approximate surface area is 236 Å². The van der Waals surface area contributed by atoms with Crippen molar-refractivity contribution in [2.75, 3.05) is 25.2 Å². The van der Waals surface area contributed by atoms with Crippen LogP contribution < -0.4 is 16.0 Å². The van der Waals surface area contributed by atoms with Crippen molar-refractivity contribution in [3.63, 3.8) is 0 Å². The number of carbonyl (C=O) groups excluding carboxylic acids is 1. The number of halogens is 4. The van der Waals surface area contributed by atoms with E-state index in [2.05, 4.69) is 16.0 Å². The van der Waals surface area contributed by atoms with Gasteiger partial charge in [0.05, 0.1) is 28.8 Å². The number of rotatable bonds is 10. The van der Waals surface area contributed by atoms with Crippen molar-refractivity contribution in [2.45, 2.75) is 68.5 Å². The summed E-state index contributed by atoms with van der Waals surface area (Å²) >= 11 is 12.3. The molecule has 2 aromatic rings. The van der Waals surface area contributed by atoms with Crippen LogP contribution >= 0.6 is 23.2 Å². The molecule has 1 aliphatic carbocycles. The normalized spacial score (nSPS) is 24.5. The fraction of sp³-hybridized carbons (Fsp3) is 0.536. The summed E-state index contributed by atoms with van der Waals surface area (Å²) in [5.41, 5.74) is 1.60. The summed E-state index contributed by atoms with van der Waals surface area (Å²) in [6.45, 7) is -0.683. The number of carbonyl (C=O) groups is 1. The largest absolute Gasteiger partial charge is 0.394 e. The molecule has 11 heteroatoms. The molecule has 7 nitrogen and oxygen atoms in total. The Hall–Kier alpha value is -2.01. The van der Waals surface area contributed by atoms with Gasteiger partial charge in [-0.1, -0.05) is 48.5 Å². The minimum Gasteiger partial charge on any atom is -0.394 e. The average molecular weight is 587 g/mol. The predicted molar refractivity (Wildman–Crippen MR) is 147 cm³/mol. The fourth-order valence-corrected chi connectivity index (χ4v) is 6.51. The summed E-state index contributed by atoms with van der Waals surface area (Å²) in [6.07, 6.45) is 4.27. The molecule has 0 spiro atoms. The van der Waals surface area contributed by atoms with Crippen LogP contribution in [0.3, 0.4) is 0 Å². The number of hydrogen-bond acceptors (Lipinski definition) is 6. The Morgan fingerprint density at radius 1 is 1.03 bits per heavy atom. The van der Waals surface area contributed by atoms with E-state index in [4.69, 9.17) is 28.3 Å². The van der Waals surface area contributed by atoms with E-state index in [0.717, 1.165) is 32.1 Å². The Morgan fingerprint density at radius 2 is 1.74 bits per heavy atom. The van der Waals surface area contributed by atoms with E-state index in [1.807, 2.05) is 0 Å². The number of amides is 1. The van der Waals surface area contributed by atoms with Crippen molar-refractivity contribution in [3.8, 4) is 0 Å². The van der Waals surface area contributed by atoms with E-state index in [1.165, 1.54) is 24.3 Å². The van der Waals surface area contributed by atoms with Gasteiger partial charge in [0.1, 0.15) is 18.4 Å². The van der Waals surface area contributed by atoms with Crippen molar-refractivity contribution >= 4 is 34.8 Å². The van der Waals surface area contributed by atoms with Gasteiger partial charge in [-0.05, 0) is 60.6 Å². The summed E-state index contributed by atoms with van der Waals surface area (Å²) in [5, 5.41) is 37.6. The lowest BCUT2D eigenvalue weighted by molar-refractivity contribution is -0.123. The van der Waals surface area contributed by atoms with Crippen molar-refractivity contribution in [2.24, 2.45) is 5.92 Å². The summed E-state index contributed by atoms with van der Waals surface area (Å²) in [5.74, 6) is -2.38. The highest BCUT2D eigenvalue weighted by atomic mass is 35.5. The third-order valence-electron chi connectivity index (χ3n) is 7.98. The maximum absolute atomic E-state index is 15.0. The van der Waals surface area contributed by atoms with Crippen LogP contribution in [-0.2, 0) is 4.79 Å². The lowest BCUT2D eigenvalue weighted by Gasteiger charge is -2.34. The molecule has 2 fully saturated rings. The Balaban J connectivity index is 1.82. The quantitative estimate of drug-likeness (QED) is 0.232. The number of aliphatic hydroxyl groups excluding tert-OH is 3. The first kappa shape index (κ1) is 30.0. The predicted octanol–water partition coefficient (Wildman–Crippen LogP) is 4.28. The zero-order chi connectivity index (χ0) is 28.1. The average Bonchev–Trinajstić information content (AvgIpc) is 3.33. The molecule has 0 bridgehead atoms. The van der Waals surface area contributed by atoms with E-state index in [0.29, 0.717) is 16.8 Å². The molecular weight excluding hydrogens is 551 g/mol. The fourth-order valence-electron chi connectivity index (χ4n) is 6.15. The van der Waals surface area contributed by atoms with E-state index in [-0.39, 0.29) is 40.9 Å². The standard InChI is InChI=1S/C28H35Cl2F2N3O4/c29-19-10-16(6-7-21(19)31)24-25(18-11-22(32)20(30)12-23(18)34-14-37)26(15-4-2-1-3-5-15)35-27(24)28(39)33-9-8-17(38)13-36/h6-7,10-12,15,17,24-27,34-38H,1-5,8-9,13-14H2,(H,33,39)/t17-,24+,25-,26+,27+/m0/s1. The highest BCUT2D eigenvalue weighted by Gasteiger charge is 2.50. The molecule has 214 valence electrons. The molecule has 1 heterocycles. The Bertz CT molecular complexity index is 1150. The number of benzene rings is 2. The molecule has 1 amide bonds. The van der Waals surface area contributed by atoms with Crippen molar-refractivity contribution in [3.05, 3.63) is 63.1 Å². The van der Waals surface area contributed by atoms with Crippen LogP contribution in [0.2, 0.25) is 10.0 Å². The second kappa shape index (κ2) is 13.6. The Kier molecular flexibility index (Phi) is 10.4. The van der Waals surface area contributed by atoms with Gasteiger partial charge in [0.15, 0.2) is 0 Å². The minimum absolute atomic E-state index is 0.0893. The lowest BCUT2D eigenvalue weighted by Crippen LogP contribution is -2.47. The molecular formula is C28H35Cl2F2N3O4. The van der Waals surface area contributed by atoms with Gasteiger partial charge in [-0.2, -0.15) is 0 Å². The maximum atomic E-state index is 15.0. The molecule has 4 rings (SSSR count). The number of aliphatic hydroxyl groups is 3. The maximum Gasteiger partial charge on any atom is 0.237 e. The topological polar surface area (TPSA) is 114 Å². The van der Waals surface area contributed by atoms with E-state index in [9.17, 15) is 23.8 Å². The monoisotopic (exact) mass is 585 g/mol. The van der Waals surface area contributed by atoms with Gasteiger partial charge >= 0.3 is 0 Å². The number of anilines is 1.